The van der Waals surface area contributed by atoms with E-state index < -0.39 is 6.61 Å². The normalized spacial score (nSPS) is 22.9. The molecule has 0 bridgehead atoms. The molecule has 1 atom stereocenters. The number of halogens is 2. The van der Waals surface area contributed by atoms with Gasteiger partial charge in [0.15, 0.2) is 0 Å². The van der Waals surface area contributed by atoms with Gasteiger partial charge in [-0.2, -0.15) is 8.78 Å². The van der Waals surface area contributed by atoms with E-state index in [-0.39, 0.29) is 17.8 Å². The van der Waals surface area contributed by atoms with Gasteiger partial charge in [0.05, 0.1) is 17.6 Å². The second kappa shape index (κ2) is 7.58. The first-order chi connectivity index (χ1) is 11.5. The average molecular weight is 371 g/mol. The molecule has 2 fully saturated rings. The van der Waals surface area contributed by atoms with Crippen molar-refractivity contribution >= 4 is 40.3 Å². The van der Waals surface area contributed by atoms with Gasteiger partial charge < -0.3 is 9.47 Å². The summed E-state index contributed by atoms with van der Waals surface area (Å²) < 4.78 is 34.6. The fourth-order valence-corrected chi connectivity index (χ4v) is 3.82. The van der Waals surface area contributed by atoms with Gasteiger partial charge in [0.1, 0.15) is 10.1 Å². The zero-order valence-corrected chi connectivity index (χ0v) is 14.2. The van der Waals surface area contributed by atoms with Crippen LogP contribution in [0.1, 0.15) is 18.4 Å². The molecule has 4 nitrogen and oxygen atoms in total. The molecule has 2 aliphatic rings. The highest BCUT2D eigenvalue weighted by molar-refractivity contribution is 8.26. The first-order valence-electron chi connectivity index (χ1n) is 7.45. The number of nitrogens with zero attached hydrogens (tertiary/aromatic N) is 1. The van der Waals surface area contributed by atoms with Crippen molar-refractivity contribution in [3.05, 3.63) is 34.7 Å². The monoisotopic (exact) mass is 371 g/mol. The number of ether oxygens (including phenoxy) is 2. The molecule has 128 valence electrons. The van der Waals surface area contributed by atoms with Crippen LogP contribution in [-0.4, -0.2) is 41.0 Å². The number of carbonyl (C=O) groups is 1. The lowest BCUT2D eigenvalue weighted by Crippen LogP contribution is -2.35. The lowest BCUT2D eigenvalue weighted by atomic mass is 10.2. The van der Waals surface area contributed by atoms with Crippen LogP contribution in [0.15, 0.2) is 29.2 Å². The van der Waals surface area contributed by atoms with Gasteiger partial charge >= 0.3 is 6.61 Å². The van der Waals surface area contributed by atoms with Crippen molar-refractivity contribution in [2.24, 2.45) is 0 Å². The van der Waals surface area contributed by atoms with Crippen LogP contribution in [0.3, 0.4) is 0 Å². The van der Waals surface area contributed by atoms with E-state index in [2.05, 4.69) is 4.74 Å². The van der Waals surface area contributed by atoms with Crippen LogP contribution >= 0.6 is 24.0 Å². The third-order valence-corrected chi connectivity index (χ3v) is 5.06. The largest absolute Gasteiger partial charge is 0.435 e. The average Bonchev–Trinajstić information content (AvgIpc) is 3.13. The Bertz CT molecular complexity index is 658. The SMILES string of the molecule is O=C1/C(=C/c2ccc(OC(F)F)cc2)SC(=S)N1C[C@H]1CCCO1. The molecular formula is C16H15F2NO3S2. The van der Waals surface area contributed by atoms with Gasteiger partial charge in [0, 0.05) is 6.61 Å². The van der Waals surface area contributed by atoms with Gasteiger partial charge in [-0.25, -0.2) is 0 Å². The predicted octanol–water partition coefficient (Wildman–Crippen LogP) is 3.67. The van der Waals surface area contributed by atoms with Crippen molar-refractivity contribution in [3.8, 4) is 5.75 Å². The zero-order valence-electron chi connectivity index (χ0n) is 12.6. The quantitative estimate of drug-likeness (QED) is 0.583. The summed E-state index contributed by atoms with van der Waals surface area (Å²) in [5.74, 6) is -0.0681. The van der Waals surface area contributed by atoms with Gasteiger partial charge in [-0.15, -0.1) is 0 Å². The minimum absolute atomic E-state index is 0.0395. The van der Waals surface area contributed by atoms with Crippen molar-refractivity contribution in [1.29, 1.82) is 0 Å². The van der Waals surface area contributed by atoms with Gasteiger partial charge in [-0.3, -0.25) is 9.69 Å². The Hall–Kier alpha value is -1.51. The topological polar surface area (TPSA) is 38.8 Å². The van der Waals surface area contributed by atoms with Crippen molar-refractivity contribution in [1.82, 2.24) is 4.90 Å². The number of thiocarbonyl (C=S) groups is 1. The van der Waals surface area contributed by atoms with Gasteiger partial charge in [-0.05, 0) is 36.6 Å². The number of hydrogen-bond acceptors (Lipinski definition) is 5. The molecule has 0 N–H and O–H groups in total. The van der Waals surface area contributed by atoms with E-state index in [1.807, 2.05) is 0 Å². The summed E-state index contributed by atoms with van der Waals surface area (Å²) in [7, 11) is 0. The van der Waals surface area contributed by atoms with E-state index >= 15 is 0 Å². The van der Waals surface area contributed by atoms with E-state index in [4.69, 9.17) is 17.0 Å². The summed E-state index contributed by atoms with van der Waals surface area (Å²) in [6.07, 6.45) is 3.67. The van der Waals surface area contributed by atoms with Gasteiger partial charge in [0.25, 0.3) is 5.91 Å². The second-order valence-electron chi connectivity index (χ2n) is 5.37. The molecule has 2 aliphatic heterocycles. The van der Waals surface area contributed by atoms with Gasteiger partial charge in [0.2, 0.25) is 0 Å². The Morgan fingerprint density at radius 2 is 2.17 bits per heavy atom. The van der Waals surface area contributed by atoms with Gasteiger partial charge in [-0.1, -0.05) is 36.1 Å². The Labute approximate surface area is 147 Å². The van der Waals surface area contributed by atoms with Crippen molar-refractivity contribution in [2.75, 3.05) is 13.2 Å². The number of hydrogen-bond donors (Lipinski definition) is 0. The van der Waals surface area contributed by atoms with E-state index in [1.54, 1.807) is 23.1 Å². The molecule has 0 aromatic heterocycles. The lowest BCUT2D eigenvalue weighted by molar-refractivity contribution is -0.123. The summed E-state index contributed by atoms with van der Waals surface area (Å²) in [5, 5.41) is 0. The summed E-state index contributed by atoms with van der Waals surface area (Å²) in [6, 6.07) is 6.10. The van der Waals surface area contributed by atoms with Crippen molar-refractivity contribution in [2.45, 2.75) is 25.6 Å². The number of benzene rings is 1. The Morgan fingerprint density at radius 3 is 2.79 bits per heavy atom. The fourth-order valence-electron chi connectivity index (χ4n) is 2.55. The summed E-state index contributed by atoms with van der Waals surface area (Å²) in [5.41, 5.74) is 0.717. The number of rotatable bonds is 5. The Morgan fingerprint density at radius 1 is 1.42 bits per heavy atom. The molecule has 0 unspecified atom stereocenters. The number of amides is 1. The maximum atomic E-state index is 12.5. The Kier molecular flexibility index (Phi) is 5.47. The molecule has 0 radical (unpaired) electrons. The maximum absolute atomic E-state index is 12.5. The van der Waals surface area contributed by atoms with Crippen LogP contribution in [0.5, 0.6) is 5.75 Å². The molecule has 0 spiro atoms. The van der Waals surface area contributed by atoms with E-state index in [0.717, 1.165) is 19.4 Å². The molecule has 2 saturated heterocycles. The molecule has 8 heteroatoms. The minimum Gasteiger partial charge on any atom is -0.435 e. The standard InChI is InChI=1S/C16H15F2NO3S2/c17-15(18)22-11-5-3-10(4-6-11)8-13-14(20)19(16(23)24-13)9-12-2-1-7-21-12/h3-6,8,12,15H,1-2,7,9H2/b13-8-/t12-/m1/s1. The Balaban J connectivity index is 1.68. The molecule has 1 amide bonds. The summed E-state index contributed by atoms with van der Waals surface area (Å²) in [4.78, 5) is 14.6. The summed E-state index contributed by atoms with van der Waals surface area (Å²) in [6.45, 7) is -1.66. The smallest absolute Gasteiger partial charge is 0.387 e. The molecule has 24 heavy (non-hydrogen) atoms. The number of alkyl halides is 2. The molecule has 2 heterocycles. The maximum Gasteiger partial charge on any atom is 0.387 e. The molecule has 0 saturated carbocycles. The highest BCUT2D eigenvalue weighted by Crippen LogP contribution is 2.33. The van der Waals surface area contributed by atoms with E-state index in [0.29, 0.717) is 21.3 Å². The summed E-state index contributed by atoms with van der Waals surface area (Å²) >= 11 is 6.52. The fraction of sp³-hybridized carbons (Fsp3) is 0.375. The van der Waals surface area contributed by atoms with Crippen molar-refractivity contribution < 1.29 is 23.0 Å². The molecule has 1 aromatic rings. The van der Waals surface area contributed by atoms with E-state index in [9.17, 15) is 13.6 Å². The first-order valence-corrected chi connectivity index (χ1v) is 8.67. The molecule has 3 rings (SSSR count). The third-order valence-electron chi connectivity index (χ3n) is 3.69. The van der Waals surface area contributed by atoms with E-state index in [1.165, 1.54) is 23.9 Å². The second-order valence-corrected chi connectivity index (χ2v) is 7.05. The van der Waals surface area contributed by atoms with Crippen LogP contribution in [0.25, 0.3) is 6.08 Å². The number of carbonyl (C=O) groups excluding carboxylic acids is 1. The molecular weight excluding hydrogens is 356 g/mol. The minimum atomic E-state index is -2.86. The van der Waals surface area contributed by atoms with Crippen molar-refractivity contribution in [3.63, 3.8) is 0 Å². The highest BCUT2D eigenvalue weighted by Gasteiger charge is 2.34. The van der Waals surface area contributed by atoms with Crippen LogP contribution < -0.4 is 4.74 Å². The first kappa shape index (κ1) is 17.3. The number of thioether (sulfide) groups is 1. The van der Waals surface area contributed by atoms with Crippen LogP contribution in [0, 0.1) is 0 Å². The molecule has 0 aliphatic carbocycles. The zero-order chi connectivity index (χ0) is 17.1. The third kappa shape index (κ3) is 4.12. The van der Waals surface area contributed by atoms with Crippen LogP contribution in [0.2, 0.25) is 0 Å². The van der Waals surface area contributed by atoms with Crippen LogP contribution in [-0.2, 0) is 9.53 Å². The lowest BCUT2D eigenvalue weighted by Gasteiger charge is -2.18. The molecule has 1 aromatic carbocycles. The predicted molar refractivity (Wildman–Crippen MR) is 91.9 cm³/mol. The highest BCUT2D eigenvalue weighted by atomic mass is 32.2. The van der Waals surface area contributed by atoms with Crippen LogP contribution in [0.4, 0.5) is 8.78 Å².